The molecule has 0 radical (unpaired) electrons. The molecule has 0 spiro atoms. The van der Waals surface area contributed by atoms with Crippen LogP contribution in [0, 0.1) is 0 Å². The number of thiocarbonyl (C=S) groups is 1. The van der Waals surface area contributed by atoms with Crippen LogP contribution in [0.2, 0.25) is 0 Å². The van der Waals surface area contributed by atoms with Crippen LogP contribution in [0.5, 0.6) is 0 Å². The molecule has 0 unspecified atom stereocenters. The van der Waals surface area contributed by atoms with E-state index in [4.69, 9.17) is 12.2 Å². The number of amides is 1. The van der Waals surface area contributed by atoms with Gasteiger partial charge in [0, 0.05) is 25.3 Å². The van der Waals surface area contributed by atoms with E-state index < -0.39 is 0 Å². The van der Waals surface area contributed by atoms with E-state index in [1.807, 2.05) is 6.08 Å². The fraction of sp³-hybridized carbons (Fsp3) is 0.333. The number of hydrogen-bond acceptors (Lipinski definition) is 4. The number of carbonyl (C=O) groups excluding carboxylic acids is 1. The molecule has 0 bridgehead atoms. The van der Waals surface area contributed by atoms with E-state index in [1.165, 1.54) is 36.7 Å². The van der Waals surface area contributed by atoms with E-state index in [0.717, 1.165) is 18.7 Å². The molecule has 5 heteroatoms. The highest BCUT2D eigenvalue weighted by Crippen LogP contribution is 2.32. The molecule has 0 saturated carbocycles. The third-order valence-electron chi connectivity index (χ3n) is 4.10. The van der Waals surface area contributed by atoms with Gasteiger partial charge in [-0.15, -0.1) is 6.58 Å². The Morgan fingerprint density at radius 1 is 1.17 bits per heavy atom. The number of nitrogens with zero attached hydrogens (tertiary/aromatic N) is 2. The van der Waals surface area contributed by atoms with Gasteiger partial charge in [-0.05, 0) is 43.0 Å². The van der Waals surface area contributed by atoms with Crippen molar-refractivity contribution in [3.63, 3.8) is 0 Å². The van der Waals surface area contributed by atoms with Crippen LogP contribution in [0.15, 0.2) is 41.8 Å². The van der Waals surface area contributed by atoms with Gasteiger partial charge in [0.25, 0.3) is 5.91 Å². The summed E-state index contributed by atoms with van der Waals surface area (Å²) in [6.07, 6.45) is 7.49. The van der Waals surface area contributed by atoms with Crippen molar-refractivity contribution in [2.75, 3.05) is 24.5 Å². The minimum atomic E-state index is -0.0278. The molecular weight excluding hydrogens is 324 g/mol. The molecule has 2 heterocycles. The van der Waals surface area contributed by atoms with Gasteiger partial charge in [0.1, 0.15) is 4.32 Å². The lowest BCUT2D eigenvalue weighted by Gasteiger charge is -2.28. The van der Waals surface area contributed by atoms with Gasteiger partial charge in [-0.2, -0.15) is 0 Å². The maximum absolute atomic E-state index is 12.3. The maximum Gasteiger partial charge on any atom is 0.266 e. The zero-order chi connectivity index (χ0) is 16.2. The molecule has 3 rings (SSSR count). The van der Waals surface area contributed by atoms with Crippen LogP contribution in [0.4, 0.5) is 5.69 Å². The van der Waals surface area contributed by atoms with E-state index in [9.17, 15) is 4.79 Å². The first-order valence-electron chi connectivity index (χ1n) is 7.90. The number of thioether (sulfide) groups is 1. The van der Waals surface area contributed by atoms with Crippen LogP contribution in [0.25, 0.3) is 6.08 Å². The summed E-state index contributed by atoms with van der Waals surface area (Å²) in [6.45, 7) is 6.41. The van der Waals surface area contributed by atoms with Crippen molar-refractivity contribution in [3.8, 4) is 0 Å². The summed E-state index contributed by atoms with van der Waals surface area (Å²) in [6, 6.07) is 8.43. The first kappa shape index (κ1) is 16.3. The van der Waals surface area contributed by atoms with Gasteiger partial charge in [-0.1, -0.05) is 42.2 Å². The first-order valence-corrected chi connectivity index (χ1v) is 9.13. The molecule has 0 atom stereocenters. The number of piperidine rings is 1. The van der Waals surface area contributed by atoms with Gasteiger partial charge in [-0.25, -0.2) is 0 Å². The van der Waals surface area contributed by atoms with Gasteiger partial charge < -0.3 is 4.90 Å². The van der Waals surface area contributed by atoms with Gasteiger partial charge >= 0.3 is 0 Å². The smallest absolute Gasteiger partial charge is 0.266 e. The Hall–Kier alpha value is -1.59. The second kappa shape index (κ2) is 7.32. The summed E-state index contributed by atoms with van der Waals surface area (Å²) >= 11 is 6.61. The average molecular weight is 345 g/mol. The summed E-state index contributed by atoms with van der Waals surface area (Å²) in [5.74, 6) is -0.0278. The van der Waals surface area contributed by atoms with Gasteiger partial charge in [0.15, 0.2) is 0 Å². The van der Waals surface area contributed by atoms with Crippen molar-refractivity contribution in [1.29, 1.82) is 0 Å². The summed E-state index contributed by atoms with van der Waals surface area (Å²) < 4.78 is 0.603. The molecule has 2 fully saturated rings. The Morgan fingerprint density at radius 3 is 2.52 bits per heavy atom. The van der Waals surface area contributed by atoms with E-state index in [1.54, 1.807) is 11.0 Å². The highest BCUT2D eigenvalue weighted by molar-refractivity contribution is 8.26. The molecular formula is C18H20N2OS2. The first-order chi connectivity index (χ1) is 11.2. The quantitative estimate of drug-likeness (QED) is 0.467. The van der Waals surface area contributed by atoms with Crippen molar-refractivity contribution in [3.05, 3.63) is 47.4 Å². The lowest BCUT2D eigenvalue weighted by molar-refractivity contribution is -0.121. The zero-order valence-electron chi connectivity index (χ0n) is 13.0. The summed E-state index contributed by atoms with van der Waals surface area (Å²) in [5.41, 5.74) is 2.30. The van der Waals surface area contributed by atoms with Crippen LogP contribution in [-0.4, -0.2) is 34.8 Å². The Balaban J connectivity index is 1.73. The van der Waals surface area contributed by atoms with Crippen LogP contribution in [-0.2, 0) is 4.79 Å². The highest BCUT2D eigenvalue weighted by atomic mass is 32.2. The van der Waals surface area contributed by atoms with Crippen molar-refractivity contribution < 1.29 is 4.79 Å². The molecule has 2 aliphatic rings. The highest BCUT2D eigenvalue weighted by Gasteiger charge is 2.30. The molecule has 2 saturated heterocycles. The third kappa shape index (κ3) is 3.67. The van der Waals surface area contributed by atoms with E-state index >= 15 is 0 Å². The third-order valence-corrected chi connectivity index (χ3v) is 5.48. The Morgan fingerprint density at radius 2 is 1.87 bits per heavy atom. The topological polar surface area (TPSA) is 23.6 Å². The van der Waals surface area contributed by atoms with Crippen LogP contribution < -0.4 is 4.90 Å². The number of benzene rings is 1. The van der Waals surface area contributed by atoms with Crippen molar-refractivity contribution >= 4 is 46.0 Å². The largest absolute Gasteiger partial charge is 0.372 e. The normalized spacial score (nSPS) is 20.4. The maximum atomic E-state index is 12.3. The second-order valence-corrected chi connectivity index (χ2v) is 7.40. The summed E-state index contributed by atoms with van der Waals surface area (Å²) in [7, 11) is 0. The lowest BCUT2D eigenvalue weighted by Crippen LogP contribution is -2.29. The predicted molar refractivity (Wildman–Crippen MR) is 103 cm³/mol. The number of carbonyl (C=O) groups is 1. The monoisotopic (exact) mass is 344 g/mol. The van der Waals surface area contributed by atoms with Crippen molar-refractivity contribution in [2.24, 2.45) is 0 Å². The summed E-state index contributed by atoms with van der Waals surface area (Å²) in [4.78, 5) is 17.0. The second-order valence-electron chi connectivity index (χ2n) is 5.72. The number of rotatable bonds is 4. The molecule has 1 amide bonds. The SMILES string of the molecule is C=CCN1C(=O)/C(=C/c2ccc(N3CCCCC3)cc2)SC1=S. The predicted octanol–water partition coefficient (Wildman–Crippen LogP) is 4.06. The molecule has 3 nitrogen and oxygen atoms in total. The fourth-order valence-electron chi connectivity index (χ4n) is 2.87. The molecule has 0 aliphatic carbocycles. The number of anilines is 1. The van der Waals surface area contributed by atoms with Crippen molar-refractivity contribution in [1.82, 2.24) is 4.90 Å². The Labute approximate surface area is 147 Å². The average Bonchev–Trinajstić information content (AvgIpc) is 2.84. The molecule has 1 aromatic rings. The van der Waals surface area contributed by atoms with Gasteiger partial charge in [0.05, 0.1) is 4.91 Å². The minimum Gasteiger partial charge on any atom is -0.372 e. The van der Waals surface area contributed by atoms with E-state index in [-0.39, 0.29) is 5.91 Å². The molecule has 2 aliphatic heterocycles. The molecule has 120 valence electrons. The standard InChI is InChI=1S/C18H20N2OS2/c1-2-10-20-17(21)16(23-18(20)22)13-14-6-8-15(9-7-14)19-11-4-3-5-12-19/h2,6-9,13H,1,3-5,10-12H2/b16-13-. The van der Waals surface area contributed by atoms with E-state index in [0.29, 0.717) is 15.8 Å². The van der Waals surface area contributed by atoms with Crippen molar-refractivity contribution in [2.45, 2.75) is 19.3 Å². The summed E-state index contributed by atoms with van der Waals surface area (Å²) in [5, 5.41) is 0. The molecule has 1 aromatic carbocycles. The van der Waals surface area contributed by atoms with Gasteiger partial charge in [-0.3, -0.25) is 9.69 Å². The minimum absolute atomic E-state index is 0.0278. The Bertz CT molecular complexity index is 645. The molecule has 23 heavy (non-hydrogen) atoms. The molecule has 0 aromatic heterocycles. The lowest BCUT2D eigenvalue weighted by atomic mass is 10.1. The van der Waals surface area contributed by atoms with Gasteiger partial charge in [0.2, 0.25) is 0 Å². The van der Waals surface area contributed by atoms with Crippen LogP contribution in [0.3, 0.4) is 0 Å². The molecule has 0 N–H and O–H groups in total. The fourth-order valence-corrected chi connectivity index (χ4v) is 4.15. The zero-order valence-corrected chi connectivity index (χ0v) is 14.7. The van der Waals surface area contributed by atoms with E-state index in [2.05, 4.69) is 35.7 Å². The van der Waals surface area contributed by atoms with Crippen LogP contribution in [0.1, 0.15) is 24.8 Å². The Kier molecular flexibility index (Phi) is 5.18. The number of hydrogen-bond donors (Lipinski definition) is 0. The van der Waals surface area contributed by atoms with Crippen LogP contribution >= 0.6 is 24.0 Å².